The SMILES string of the molecule is CCOc1ccc([C@@H]2C3=C(C[C@H](c4ccc(OC)c(OC)c4)CC3=O)Nc3ncnn32)cc1. The maximum absolute atomic E-state index is 13.5. The molecule has 0 radical (unpaired) electrons. The van der Waals surface area contributed by atoms with Crippen molar-refractivity contribution in [2.75, 3.05) is 26.1 Å². The normalized spacial score (nSPS) is 19.4. The van der Waals surface area contributed by atoms with E-state index in [-0.39, 0.29) is 17.7 Å². The van der Waals surface area contributed by atoms with Crippen molar-refractivity contribution in [2.45, 2.75) is 31.7 Å². The molecule has 5 rings (SSSR count). The highest BCUT2D eigenvalue weighted by Gasteiger charge is 2.39. The van der Waals surface area contributed by atoms with Crippen LogP contribution in [0.3, 0.4) is 0 Å². The molecule has 8 nitrogen and oxygen atoms in total. The number of carbonyl (C=O) groups is 1. The molecular weight excluding hydrogens is 420 g/mol. The molecule has 2 heterocycles. The smallest absolute Gasteiger partial charge is 0.226 e. The number of carbonyl (C=O) groups excluding carboxylic acids is 1. The summed E-state index contributed by atoms with van der Waals surface area (Å²) >= 11 is 0. The second-order valence-corrected chi connectivity index (χ2v) is 8.09. The summed E-state index contributed by atoms with van der Waals surface area (Å²) in [5.41, 5.74) is 3.65. The number of Topliss-reactive ketones (excluding diaryl/α,β-unsaturated/α-hetero) is 1. The first-order valence-corrected chi connectivity index (χ1v) is 11.0. The van der Waals surface area contributed by atoms with E-state index in [4.69, 9.17) is 14.2 Å². The Kier molecular flexibility index (Phi) is 5.50. The van der Waals surface area contributed by atoms with Gasteiger partial charge in [-0.1, -0.05) is 18.2 Å². The van der Waals surface area contributed by atoms with Crippen molar-refractivity contribution in [3.8, 4) is 17.2 Å². The molecule has 1 aliphatic heterocycles. The number of nitrogens with one attached hydrogen (secondary N) is 1. The minimum atomic E-state index is -0.326. The second kappa shape index (κ2) is 8.61. The number of aromatic nitrogens is 3. The molecule has 0 unspecified atom stereocenters. The lowest BCUT2D eigenvalue weighted by molar-refractivity contribution is -0.116. The first-order chi connectivity index (χ1) is 16.1. The van der Waals surface area contributed by atoms with Crippen molar-refractivity contribution in [3.63, 3.8) is 0 Å². The first kappa shape index (κ1) is 21.1. The molecule has 1 N–H and O–H groups in total. The number of rotatable bonds is 6. The van der Waals surface area contributed by atoms with Gasteiger partial charge in [0.2, 0.25) is 5.95 Å². The summed E-state index contributed by atoms with van der Waals surface area (Å²) in [6.45, 7) is 2.56. The zero-order chi connectivity index (χ0) is 22.9. The largest absolute Gasteiger partial charge is 0.494 e. The van der Waals surface area contributed by atoms with Gasteiger partial charge >= 0.3 is 0 Å². The number of methoxy groups -OCH3 is 2. The van der Waals surface area contributed by atoms with Gasteiger partial charge in [0.1, 0.15) is 18.1 Å². The number of ether oxygens (including phenoxy) is 3. The number of fused-ring (bicyclic) bond motifs is 1. The minimum absolute atomic E-state index is 0.0269. The van der Waals surface area contributed by atoms with Crippen LogP contribution >= 0.6 is 0 Å². The molecule has 33 heavy (non-hydrogen) atoms. The molecule has 0 saturated carbocycles. The maximum Gasteiger partial charge on any atom is 0.226 e. The summed E-state index contributed by atoms with van der Waals surface area (Å²) in [6.07, 6.45) is 2.61. The van der Waals surface area contributed by atoms with Crippen LogP contribution in [0.1, 0.15) is 42.9 Å². The van der Waals surface area contributed by atoms with E-state index in [9.17, 15) is 4.79 Å². The van der Waals surface area contributed by atoms with E-state index in [1.165, 1.54) is 6.33 Å². The van der Waals surface area contributed by atoms with Gasteiger partial charge in [0.15, 0.2) is 17.3 Å². The zero-order valence-electron chi connectivity index (χ0n) is 18.9. The van der Waals surface area contributed by atoms with E-state index in [0.29, 0.717) is 36.9 Å². The van der Waals surface area contributed by atoms with Crippen molar-refractivity contribution >= 4 is 11.7 Å². The molecule has 2 atom stereocenters. The highest BCUT2D eigenvalue weighted by Crippen LogP contribution is 2.45. The number of allylic oxidation sites excluding steroid dienone is 2. The number of hydrogen-bond acceptors (Lipinski definition) is 7. The highest BCUT2D eigenvalue weighted by atomic mass is 16.5. The average molecular weight is 447 g/mol. The van der Waals surface area contributed by atoms with Crippen molar-refractivity contribution in [3.05, 3.63) is 71.2 Å². The maximum atomic E-state index is 13.5. The Bertz CT molecular complexity index is 1220. The zero-order valence-corrected chi connectivity index (χ0v) is 18.9. The molecule has 2 aliphatic rings. The van der Waals surface area contributed by atoms with Gasteiger partial charge in [0, 0.05) is 17.7 Å². The van der Waals surface area contributed by atoms with Crippen LogP contribution in [0.4, 0.5) is 5.95 Å². The molecule has 0 spiro atoms. The standard InChI is InChI=1S/C25H26N4O4/c1-4-33-18-8-5-15(6-9-18)24-23-19(28-25-26-14-27-29(24)25)11-17(12-20(23)30)16-7-10-21(31-2)22(13-16)32-3/h5-10,13-14,17,24H,4,11-12H2,1-3H3,(H,26,27,28)/t17-,24+/m0/s1. The van der Waals surface area contributed by atoms with Gasteiger partial charge in [-0.05, 0) is 54.7 Å². The Morgan fingerprint density at radius 2 is 1.79 bits per heavy atom. The molecule has 1 aliphatic carbocycles. The van der Waals surface area contributed by atoms with Gasteiger partial charge in [0.05, 0.1) is 20.8 Å². The quantitative estimate of drug-likeness (QED) is 0.610. The summed E-state index contributed by atoms with van der Waals surface area (Å²) in [5.74, 6) is 2.89. The van der Waals surface area contributed by atoms with Gasteiger partial charge in [-0.2, -0.15) is 10.1 Å². The van der Waals surface area contributed by atoms with Crippen LogP contribution in [0.15, 0.2) is 60.1 Å². The van der Waals surface area contributed by atoms with E-state index in [0.717, 1.165) is 28.1 Å². The first-order valence-electron chi connectivity index (χ1n) is 11.0. The third-order valence-electron chi connectivity index (χ3n) is 6.25. The van der Waals surface area contributed by atoms with Crippen LogP contribution in [0.2, 0.25) is 0 Å². The highest BCUT2D eigenvalue weighted by molar-refractivity contribution is 6.00. The van der Waals surface area contributed by atoms with Gasteiger partial charge in [0.25, 0.3) is 0 Å². The number of nitrogens with zero attached hydrogens (tertiary/aromatic N) is 3. The molecular formula is C25H26N4O4. The Hall–Kier alpha value is -3.81. The molecule has 1 aromatic heterocycles. The van der Waals surface area contributed by atoms with Crippen LogP contribution in [-0.2, 0) is 4.79 Å². The molecule has 2 aromatic carbocycles. The molecule has 8 heteroatoms. The van der Waals surface area contributed by atoms with Gasteiger partial charge in [-0.3, -0.25) is 4.79 Å². The van der Waals surface area contributed by atoms with E-state index >= 15 is 0 Å². The van der Waals surface area contributed by atoms with E-state index in [2.05, 4.69) is 15.4 Å². The van der Waals surface area contributed by atoms with E-state index < -0.39 is 0 Å². The van der Waals surface area contributed by atoms with Crippen LogP contribution in [-0.4, -0.2) is 41.4 Å². The van der Waals surface area contributed by atoms with Crippen molar-refractivity contribution in [2.24, 2.45) is 0 Å². The topological polar surface area (TPSA) is 87.5 Å². The predicted octanol–water partition coefficient (Wildman–Crippen LogP) is 4.11. The predicted molar refractivity (Wildman–Crippen MR) is 123 cm³/mol. The summed E-state index contributed by atoms with van der Waals surface area (Å²) in [6, 6.07) is 13.4. The minimum Gasteiger partial charge on any atom is -0.494 e. The number of benzene rings is 2. The Balaban J connectivity index is 1.52. The van der Waals surface area contributed by atoms with Gasteiger partial charge < -0.3 is 19.5 Å². The Morgan fingerprint density at radius 3 is 2.52 bits per heavy atom. The monoisotopic (exact) mass is 446 g/mol. The second-order valence-electron chi connectivity index (χ2n) is 8.09. The summed E-state index contributed by atoms with van der Waals surface area (Å²) in [4.78, 5) is 17.9. The summed E-state index contributed by atoms with van der Waals surface area (Å²) in [5, 5.41) is 7.77. The molecule has 3 aromatic rings. The fourth-order valence-electron chi connectivity index (χ4n) is 4.72. The summed E-state index contributed by atoms with van der Waals surface area (Å²) in [7, 11) is 3.23. The number of ketones is 1. The fraction of sp³-hybridized carbons (Fsp3) is 0.320. The lowest BCUT2D eigenvalue weighted by atomic mass is 9.78. The number of anilines is 1. The molecule has 0 bridgehead atoms. The number of hydrogen-bond donors (Lipinski definition) is 1. The summed E-state index contributed by atoms with van der Waals surface area (Å²) < 4.78 is 18.2. The van der Waals surface area contributed by atoms with Gasteiger partial charge in [-0.25, -0.2) is 4.68 Å². The third kappa shape index (κ3) is 3.71. The van der Waals surface area contributed by atoms with Crippen molar-refractivity contribution in [1.82, 2.24) is 14.8 Å². The fourth-order valence-corrected chi connectivity index (χ4v) is 4.72. The average Bonchev–Trinajstić information content (AvgIpc) is 3.31. The van der Waals surface area contributed by atoms with E-state index in [1.807, 2.05) is 49.4 Å². The van der Waals surface area contributed by atoms with Crippen LogP contribution in [0.5, 0.6) is 17.2 Å². The van der Waals surface area contributed by atoms with Crippen molar-refractivity contribution < 1.29 is 19.0 Å². The third-order valence-corrected chi connectivity index (χ3v) is 6.25. The lowest BCUT2D eigenvalue weighted by Gasteiger charge is -2.35. The van der Waals surface area contributed by atoms with Crippen LogP contribution in [0.25, 0.3) is 0 Å². The molecule has 0 saturated heterocycles. The molecule has 0 amide bonds. The van der Waals surface area contributed by atoms with Crippen LogP contribution in [0, 0.1) is 0 Å². The Morgan fingerprint density at radius 1 is 1.03 bits per heavy atom. The van der Waals surface area contributed by atoms with Gasteiger partial charge in [-0.15, -0.1) is 0 Å². The molecule has 0 fully saturated rings. The van der Waals surface area contributed by atoms with Crippen LogP contribution < -0.4 is 19.5 Å². The lowest BCUT2D eigenvalue weighted by Crippen LogP contribution is -2.33. The van der Waals surface area contributed by atoms with E-state index in [1.54, 1.807) is 18.9 Å². The molecule has 170 valence electrons. The van der Waals surface area contributed by atoms with Crippen molar-refractivity contribution in [1.29, 1.82) is 0 Å². The Labute approximate surface area is 192 Å².